The minimum Gasteiger partial charge on any atom is -0.494 e. The average Bonchev–Trinajstić information content (AvgIpc) is 2.83. The van der Waals surface area contributed by atoms with Gasteiger partial charge in [-0.3, -0.25) is 4.79 Å². The largest absolute Gasteiger partial charge is 0.494 e. The third-order valence-corrected chi connectivity index (χ3v) is 2.99. The number of aromatic nitrogens is 1. The lowest BCUT2D eigenvalue weighted by molar-refractivity contribution is 0.104. The fraction of sp³-hybridized carbons (Fsp3) is 0.286. The molecular weight excluding hydrogens is 266 g/mol. The van der Waals surface area contributed by atoms with Gasteiger partial charge in [-0.15, -0.1) is 0 Å². The van der Waals surface area contributed by atoms with Crippen LogP contribution in [0.25, 0.3) is 11.3 Å². The van der Waals surface area contributed by atoms with Gasteiger partial charge in [-0.05, 0) is 55.6 Å². The van der Waals surface area contributed by atoms with Crippen LogP contribution in [0.4, 0.5) is 0 Å². The van der Waals surface area contributed by atoms with Crippen LogP contribution in [0.3, 0.4) is 0 Å². The van der Waals surface area contributed by atoms with Crippen LogP contribution in [0.15, 0.2) is 22.7 Å². The lowest BCUT2D eigenvalue weighted by atomic mass is 10.0. The molecule has 0 aliphatic rings. The molecule has 2 aromatic rings. The van der Waals surface area contributed by atoms with Crippen molar-refractivity contribution in [3.63, 3.8) is 0 Å². The molecule has 2 rings (SSSR count). The zero-order chi connectivity index (χ0) is 14.0. The quantitative estimate of drug-likeness (QED) is 0.800. The summed E-state index contributed by atoms with van der Waals surface area (Å²) in [5.41, 5.74) is 3.49. The van der Waals surface area contributed by atoms with Gasteiger partial charge >= 0.3 is 0 Å². The van der Waals surface area contributed by atoms with Crippen molar-refractivity contribution in [1.29, 1.82) is 0 Å². The van der Waals surface area contributed by atoms with Crippen LogP contribution in [-0.4, -0.2) is 17.0 Å². The summed E-state index contributed by atoms with van der Waals surface area (Å²) in [6.45, 7) is 6.48. The molecule has 0 unspecified atom stereocenters. The monoisotopic (exact) mass is 279 g/mol. The van der Waals surface area contributed by atoms with Crippen LogP contribution < -0.4 is 4.74 Å². The fourth-order valence-corrected chi connectivity index (χ4v) is 1.96. The maximum Gasteiger partial charge on any atom is 0.290 e. The van der Waals surface area contributed by atoms with Crippen LogP contribution in [0.1, 0.15) is 28.6 Å². The highest BCUT2D eigenvalue weighted by Crippen LogP contribution is 2.30. The Labute approximate surface area is 116 Å². The van der Waals surface area contributed by atoms with Crippen molar-refractivity contribution in [3.8, 4) is 17.0 Å². The molecule has 0 saturated carbocycles. The van der Waals surface area contributed by atoms with E-state index in [9.17, 15) is 4.79 Å². The van der Waals surface area contributed by atoms with E-state index in [4.69, 9.17) is 20.9 Å². The van der Waals surface area contributed by atoms with Crippen molar-refractivity contribution in [2.75, 3.05) is 6.61 Å². The Morgan fingerprint density at radius 2 is 2.05 bits per heavy atom. The minimum absolute atomic E-state index is 0.0441. The van der Waals surface area contributed by atoms with E-state index in [1.165, 1.54) is 6.07 Å². The first kappa shape index (κ1) is 13.6. The maximum atomic E-state index is 11.0. The standard InChI is InChI=1S/C14H14ClNO3/c1-4-18-12-6-8(2)10(5-9(12)3)11-7-13(14(15)17)19-16-11/h5-7H,4H2,1-3H3. The van der Waals surface area contributed by atoms with E-state index < -0.39 is 5.24 Å². The molecule has 0 amide bonds. The van der Waals surface area contributed by atoms with Gasteiger partial charge in [0.05, 0.1) is 6.61 Å². The first-order valence-corrected chi connectivity index (χ1v) is 6.31. The summed E-state index contributed by atoms with van der Waals surface area (Å²) in [6, 6.07) is 5.45. The molecule has 1 aromatic heterocycles. The molecule has 4 nitrogen and oxygen atoms in total. The van der Waals surface area contributed by atoms with E-state index in [2.05, 4.69) is 5.16 Å². The summed E-state index contributed by atoms with van der Waals surface area (Å²) in [5.74, 6) is 0.892. The molecule has 0 aliphatic carbocycles. The number of hydrogen-bond donors (Lipinski definition) is 0. The van der Waals surface area contributed by atoms with Gasteiger partial charge in [0.15, 0.2) is 0 Å². The molecule has 0 fully saturated rings. The van der Waals surface area contributed by atoms with Gasteiger partial charge in [0.25, 0.3) is 5.24 Å². The first-order chi connectivity index (χ1) is 9.02. The number of ether oxygens (including phenoxy) is 1. The van der Waals surface area contributed by atoms with Gasteiger partial charge in [-0.1, -0.05) is 5.16 Å². The smallest absolute Gasteiger partial charge is 0.290 e. The second kappa shape index (κ2) is 5.45. The van der Waals surface area contributed by atoms with Gasteiger partial charge in [-0.2, -0.15) is 0 Å². The highest BCUT2D eigenvalue weighted by molar-refractivity contribution is 6.67. The van der Waals surface area contributed by atoms with E-state index in [1.54, 1.807) is 0 Å². The number of rotatable bonds is 4. The molecule has 19 heavy (non-hydrogen) atoms. The van der Waals surface area contributed by atoms with Crippen molar-refractivity contribution in [2.45, 2.75) is 20.8 Å². The number of benzene rings is 1. The van der Waals surface area contributed by atoms with Gasteiger partial charge in [0.2, 0.25) is 5.76 Å². The van der Waals surface area contributed by atoms with Gasteiger partial charge in [0, 0.05) is 11.6 Å². The Morgan fingerprint density at radius 3 is 2.63 bits per heavy atom. The van der Waals surface area contributed by atoms with Crippen LogP contribution in [0.2, 0.25) is 0 Å². The highest BCUT2D eigenvalue weighted by atomic mass is 35.5. The Balaban J connectivity index is 2.44. The molecule has 100 valence electrons. The van der Waals surface area contributed by atoms with Crippen molar-refractivity contribution in [3.05, 3.63) is 35.1 Å². The van der Waals surface area contributed by atoms with E-state index in [0.29, 0.717) is 12.3 Å². The van der Waals surface area contributed by atoms with Crippen LogP contribution in [0, 0.1) is 13.8 Å². The zero-order valence-electron chi connectivity index (χ0n) is 11.0. The van der Waals surface area contributed by atoms with Gasteiger partial charge in [0.1, 0.15) is 11.4 Å². The second-order valence-electron chi connectivity index (χ2n) is 4.22. The van der Waals surface area contributed by atoms with Crippen LogP contribution >= 0.6 is 11.6 Å². The molecule has 0 N–H and O–H groups in total. The van der Waals surface area contributed by atoms with Gasteiger partial charge in [-0.25, -0.2) is 0 Å². The molecule has 0 saturated heterocycles. The fourth-order valence-electron chi connectivity index (χ4n) is 1.87. The van der Waals surface area contributed by atoms with E-state index in [-0.39, 0.29) is 5.76 Å². The molecule has 0 atom stereocenters. The third-order valence-electron chi connectivity index (χ3n) is 2.80. The molecule has 0 bridgehead atoms. The Morgan fingerprint density at radius 1 is 1.32 bits per heavy atom. The SMILES string of the molecule is CCOc1cc(C)c(-c2cc(C(=O)Cl)on2)cc1C. The summed E-state index contributed by atoms with van der Waals surface area (Å²) in [4.78, 5) is 11.0. The number of halogens is 1. The number of carbonyl (C=O) groups excluding carboxylic acids is 1. The summed E-state index contributed by atoms with van der Waals surface area (Å²) < 4.78 is 10.4. The normalized spacial score (nSPS) is 10.5. The van der Waals surface area contributed by atoms with Crippen molar-refractivity contribution in [2.24, 2.45) is 0 Å². The Bertz CT molecular complexity index is 619. The predicted octanol–water partition coefficient (Wildman–Crippen LogP) is 3.74. The Kier molecular flexibility index (Phi) is 3.90. The summed E-state index contributed by atoms with van der Waals surface area (Å²) in [6.07, 6.45) is 0. The third kappa shape index (κ3) is 2.79. The predicted molar refractivity (Wildman–Crippen MR) is 72.8 cm³/mol. The van der Waals surface area contributed by atoms with E-state index >= 15 is 0 Å². The topological polar surface area (TPSA) is 52.3 Å². The van der Waals surface area contributed by atoms with Crippen LogP contribution in [0.5, 0.6) is 5.75 Å². The molecule has 1 aromatic carbocycles. The number of hydrogen-bond acceptors (Lipinski definition) is 4. The molecular formula is C14H14ClNO3. The number of nitrogens with zero attached hydrogens (tertiary/aromatic N) is 1. The lowest BCUT2D eigenvalue weighted by Crippen LogP contribution is -1.96. The van der Waals surface area contributed by atoms with Crippen molar-refractivity contribution >= 4 is 16.8 Å². The summed E-state index contributed by atoms with van der Waals surface area (Å²) in [5, 5.41) is 3.21. The summed E-state index contributed by atoms with van der Waals surface area (Å²) in [7, 11) is 0. The molecule has 5 heteroatoms. The number of aryl methyl sites for hydroxylation is 2. The first-order valence-electron chi connectivity index (χ1n) is 5.94. The van der Waals surface area contributed by atoms with Crippen molar-refractivity contribution < 1.29 is 14.1 Å². The lowest BCUT2D eigenvalue weighted by Gasteiger charge is -2.10. The molecule has 0 spiro atoms. The average molecular weight is 280 g/mol. The second-order valence-corrected chi connectivity index (χ2v) is 4.56. The maximum absolute atomic E-state index is 11.0. The Hall–Kier alpha value is -1.81. The summed E-state index contributed by atoms with van der Waals surface area (Å²) >= 11 is 5.35. The van der Waals surface area contributed by atoms with Crippen LogP contribution in [-0.2, 0) is 0 Å². The van der Waals surface area contributed by atoms with Crippen molar-refractivity contribution in [1.82, 2.24) is 5.16 Å². The molecule has 0 aliphatic heterocycles. The minimum atomic E-state index is -0.654. The zero-order valence-corrected chi connectivity index (χ0v) is 11.7. The van der Waals surface area contributed by atoms with Gasteiger partial charge < -0.3 is 9.26 Å². The van der Waals surface area contributed by atoms with E-state index in [1.807, 2.05) is 32.9 Å². The molecule has 0 radical (unpaired) electrons. The molecule has 1 heterocycles. The van der Waals surface area contributed by atoms with E-state index in [0.717, 1.165) is 22.4 Å². The highest BCUT2D eigenvalue weighted by Gasteiger charge is 2.14. The number of carbonyl (C=O) groups is 1.